The molecule has 0 aliphatic heterocycles. The molecule has 1 aromatic heterocycles. The van der Waals surface area contributed by atoms with Crippen molar-refractivity contribution in [3.05, 3.63) is 29.6 Å². The highest BCUT2D eigenvalue weighted by Crippen LogP contribution is 2.05. The molecule has 0 aliphatic carbocycles. The Labute approximate surface area is 116 Å². The Hall–Kier alpha value is -1.56. The van der Waals surface area contributed by atoms with Crippen molar-refractivity contribution in [2.45, 2.75) is 25.8 Å². The molecule has 2 N–H and O–H groups in total. The summed E-state index contributed by atoms with van der Waals surface area (Å²) in [5, 5.41) is 11.6. The van der Waals surface area contributed by atoms with Gasteiger partial charge in [-0.2, -0.15) is 11.8 Å². The van der Waals surface area contributed by atoms with E-state index < -0.39 is 12.0 Å². The molecule has 0 radical (unpaired) electrons. The Balaban J connectivity index is 2.58. The summed E-state index contributed by atoms with van der Waals surface area (Å²) in [4.78, 5) is 27.0. The number of hydrogen-bond acceptors (Lipinski definition) is 4. The number of thioether (sulfide) groups is 1. The lowest BCUT2D eigenvalue weighted by Gasteiger charge is -2.14. The number of aliphatic carboxylic acids is 1. The van der Waals surface area contributed by atoms with E-state index in [1.807, 2.05) is 19.2 Å². The van der Waals surface area contributed by atoms with Crippen molar-refractivity contribution in [1.29, 1.82) is 0 Å². The molecule has 0 bridgehead atoms. The summed E-state index contributed by atoms with van der Waals surface area (Å²) in [5.41, 5.74) is 1.60. The highest BCUT2D eigenvalue weighted by atomic mass is 32.2. The van der Waals surface area contributed by atoms with Crippen LogP contribution in [0.3, 0.4) is 0 Å². The zero-order valence-corrected chi connectivity index (χ0v) is 11.9. The maximum absolute atomic E-state index is 11.8. The Morgan fingerprint density at radius 1 is 1.53 bits per heavy atom. The standard InChI is InChI=1S/C13H18N2O3S/c1-9-4-3-6-14-11(9)8-12(16)15-10(13(17)18)5-7-19-2/h3-4,6,10H,5,7-8H2,1-2H3,(H,15,16)(H,17,18)/t10-/m1/s1. The predicted molar refractivity (Wildman–Crippen MR) is 75.2 cm³/mol. The minimum Gasteiger partial charge on any atom is -0.480 e. The quantitative estimate of drug-likeness (QED) is 0.787. The lowest BCUT2D eigenvalue weighted by molar-refractivity contribution is -0.141. The molecule has 6 heteroatoms. The fourth-order valence-electron chi connectivity index (χ4n) is 1.59. The topological polar surface area (TPSA) is 79.3 Å². The Kier molecular flexibility index (Phi) is 6.35. The fraction of sp³-hybridized carbons (Fsp3) is 0.462. The number of aromatic nitrogens is 1. The molecule has 1 rings (SSSR count). The van der Waals surface area contributed by atoms with E-state index in [1.165, 1.54) is 0 Å². The van der Waals surface area contributed by atoms with Gasteiger partial charge in [-0.15, -0.1) is 0 Å². The van der Waals surface area contributed by atoms with Crippen molar-refractivity contribution in [1.82, 2.24) is 10.3 Å². The number of rotatable bonds is 7. The second-order valence-corrected chi connectivity index (χ2v) is 5.17. The summed E-state index contributed by atoms with van der Waals surface area (Å²) >= 11 is 1.55. The number of nitrogens with zero attached hydrogens (tertiary/aromatic N) is 1. The summed E-state index contributed by atoms with van der Waals surface area (Å²) in [7, 11) is 0. The second kappa shape index (κ2) is 7.78. The van der Waals surface area contributed by atoms with Crippen molar-refractivity contribution in [3.8, 4) is 0 Å². The number of aryl methyl sites for hydroxylation is 1. The van der Waals surface area contributed by atoms with Gasteiger partial charge < -0.3 is 10.4 Å². The zero-order valence-electron chi connectivity index (χ0n) is 11.0. The van der Waals surface area contributed by atoms with Crippen LogP contribution in [0.5, 0.6) is 0 Å². The third-order valence-corrected chi connectivity index (χ3v) is 3.33. The van der Waals surface area contributed by atoms with Crippen molar-refractivity contribution in [3.63, 3.8) is 0 Å². The molecule has 1 aromatic rings. The lowest BCUT2D eigenvalue weighted by Crippen LogP contribution is -2.42. The molecule has 1 amide bonds. The average Bonchev–Trinajstić information content (AvgIpc) is 2.37. The van der Waals surface area contributed by atoms with Gasteiger partial charge in [-0.1, -0.05) is 6.07 Å². The van der Waals surface area contributed by atoms with Crippen LogP contribution in [0.25, 0.3) is 0 Å². The van der Waals surface area contributed by atoms with Crippen LogP contribution >= 0.6 is 11.8 Å². The van der Waals surface area contributed by atoms with Gasteiger partial charge in [0.25, 0.3) is 0 Å². The van der Waals surface area contributed by atoms with Crippen LogP contribution in [-0.4, -0.2) is 40.0 Å². The molecule has 1 heterocycles. The lowest BCUT2D eigenvalue weighted by atomic mass is 10.1. The van der Waals surface area contributed by atoms with Crippen molar-refractivity contribution < 1.29 is 14.7 Å². The largest absolute Gasteiger partial charge is 0.480 e. The smallest absolute Gasteiger partial charge is 0.326 e. The van der Waals surface area contributed by atoms with Crippen molar-refractivity contribution in [2.75, 3.05) is 12.0 Å². The molecule has 0 unspecified atom stereocenters. The molecule has 104 valence electrons. The molecule has 0 aromatic carbocycles. The van der Waals surface area contributed by atoms with E-state index >= 15 is 0 Å². The van der Waals surface area contributed by atoms with Gasteiger partial charge in [-0.3, -0.25) is 9.78 Å². The van der Waals surface area contributed by atoms with Crippen LogP contribution in [0.4, 0.5) is 0 Å². The van der Waals surface area contributed by atoms with Gasteiger partial charge in [0.15, 0.2) is 0 Å². The van der Waals surface area contributed by atoms with E-state index in [2.05, 4.69) is 10.3 Å². The van der Waals surface area contributed by atoms with Crippen LogP contribution in [0.1, 0.15) is 17.7 Å². The summed E-state index contributed by atoms with van der Waals surface area (Å²) in [6.45, 7) is 1.87. The first-order valence-corrected chi connectivity index (χ1v) is 7.35. The first kappa shape index (κ1) is 15.5. The van der Waals surface area contributed by atoms with Crippen LogP contribution in [0.2, 0.25) is 0 Å². The van der Waals surface area contributed by atoms with E-state index in [4.69, 9.17) is 5.11 Å². The van der Waals surface area contributed by atoms with Crippen LogP contribution < -0.4 is 5.32 Å². The molecular weight excluding hydrogens is 264 g/mol. The minimum absolute atomic E-state index is 0.107. The molecule has 0 saturated heterocycles. The fourth-order valence-corrected chi connectivity index (χ4v) is 2.07. The van der Waals surface area contributed by atoms with E-state index in [9.17, 15) is 9.59 Å². The average molecular weight is 282 g/mol. The number of amides is 1. The van der Waals surface area contributed by atoms with Crippen LogP contribution in [0.15, 0.2) is 18.3 Å². The van der Waals surface area contributed by atoms with Crippen molar-refractivity contribution >= 4 is 23.6 Å². The molecular formula is C13H18N2O3S. The summed E-state index contributed by atoms with van der Waals surface area (Å²) in [6.07, 6.45) is 4.05. The zero-order chi connectivity index (χ0) is 14.3. The maximum atomic E-state index is 11.8. The monoisotopic (exact) mass is 282 g/mol. The van der Waals surface area contributed by atoms with E-state index in [0.717, 1.165) is 5.56 Å². The number of carbonyl (C=O) groups excluding carboxylic acids is 1. The SMILES string of the molecule is CSCC[C@@H](NC(=O)Cc1ncccc1C)C(=O)O. The second-order valence-electron chi connectivity index (χ2n) is 4.18. The first-order chi connectivity index (χ1) is 9.04. The number of nitrogens with one attached hydrogen (secondary N) is 1. The van der Waals surface area contributed by atoms with E-state index in [-0.39, 0.29) is 12.3 Å². The number of pyridine rings is 1. The van der Waals surface area contributed by atoms with Gasteiger partial charge in [0.05, 0.1) is 12.1 Å². The Morgan fingerprint density at radius 2 is 2.26 bits per heavy atom. The summed E-state index contributed by atoms with van der Waals surface area (Å²) in [5.74, 6) is -0.615. The normalized spacial score (nSPS) is 11.9. The molecule has 0 saturated carbocycles. The summed E-state index contributed by atoms with van der Waals surface area (Å²) in [6, 6.07) is 2.84. The molecule has 19 heavy (non-hydrogen) atoms. The number of carboxylic acid groups (broad SMARTS) is 1. The number of hydrogen-bond donors (Lipinski definition) is 2. The summed E-state index contributed by atoms with van der Waals surface area (Å²) < 4.78 is 0. The molecule has 5 nitrogen and oxygen atoms in total. The number of carboxylic acids is 1. The van der Waals surface area contributed by atoms with Gasteiger partial charge in [0.1, 0.15) is 6.04 Å². The van der Waals surface area contributed by atoms with E-state index in [0.29, 0.717) is 17.9 Å². The van der Waals surface area contributed by atoms with Crippen molar-refractivity contribution in [2.24, 2.45) is 0 Å². The molecule has 0 fully saturated rings. The third-order valence-electron chi connectivity index (χ3n) is 2.69. The predicted octanol–water partition coefficient (Wildman–Crippen LogP) is 1.26. The highest BCUT2D eigenvalue weighted by molar-refractivity contribution is 7.98. The molecule has 1 atom stereocenters. The van der Waals surface area contributed by atoms with Gasteiger partial charge >= 0.3 is 5.97 Å². The highest BCUT2D eigenvalue weighted by Gasteiger charge is 2.19. The van der Waals surface area contributed by atoms with Gasteiger partial charge in [0, 0.05) is 6.20 Å². The third kappa shape index (κ3) is 5.30. The first-order valence-electron chi connectivity index (χ1n) is 5.96. The van der Waals surface area contributed by atoms with Crippen LogP contribution in [-0.2, 0) is 16.0 Å². The van der Waals surface area contributed by atoms with Crippen LogP contribution in [0, 0.1) is 6.92 Å². The Morgan fingerprint density at radius 3 is 2.84 bits per heavy atom. The van der Waals surface area contributed by atoms with Gasteiger partial charge in [-0.25, -0.2) is 4.79 Å². The molecule has 0 spiro atoms. The minimum atomic E-state index is -1.000. The van der Waals surface area contributed by atoms with Gasteiger partial charge in [0.2, 0.25) is 5.91 Å². The van der Waals surface area contributed by atoms with Gasteiger partial charge in [-0.05, 0) is 37.0 Å². The Bertz CT molecular complexity index is 451. The molecule has 0 aliphatic rings. The van der Waals surface area contributed by atoms with E-state index in [1.54, 1.807) is 24.0 Å². The number of carbonyl (C=O) groups is 2. The maximum Gasteiger partial charge on any atom is 0.326 e.